The fourth-order valence-electron chi connectivity index (χ4n) is 1.46. The number of ether oxygens (including phenoxy) is 1. The number of halogens is 2. The van der Waals surface area contributed by atoms with Crippen molar-refractivity contribution in [3.63, 3.8) is 0 Å². The van der Waals surface area contributed by atoms with E-state index >= 15 is 0 Å². The predicted octanol–water partition coefficient (Wildman–Crippen LogP) is 2.66. The van der Waals surface area contributed by atoms with Crippen LogP contribution < -0.4 is 10.5 Å². The zero-order chi connectivity index (χ0) is 11.4. The topological polar surface area (TPSA) is 35.2 Å². The maximum Gasteiger partial charge on any atom is 0.240 e. The van der Waals surface area contributed by atoms with Crippen LogP contribution in [0.1, 0.15) is 23.6 Å². The number of benzene rings is 1. The average Bonchev–Trinajstić information content (AvgIpc) is 2.16. The first-order valence-electron chi connectivity index (χ1n) is 4.73. The first-order valence-corrected chi connectivity index (χ1v) is 4.73. The van der Waals surface area contributed by atoms with Crippen LogP contribution in [0.5, 0.6) is 5.75 Å². The van der Waals surface area contributed by atoms with Crippen LogP contribution in [0.4, 0.5) is 8.78 Å². The summed E-state index contributed by atoms with van der Waals surface area (Å²) in [5, 5.41) is 0. The summed E-state index contributed by atoms with van der Waals surface area (Å²) in [6.07, 6.45) is -2.69. The fraction of sp³-hybridized carbons (Fsp3) is 0.455. The van der Waals surface area contributed by atoms with Crippen LogP contribution in [0.3, 0.4) is 0 Å². The third-order valence-electron chi connectivity index (χ3n) is 2.28. The maximum atomic E-state index is 12.1. The summed E-state index contributed by atoms with van der Waals surface area (Å²) >= 11 is 0. The Labute approximate surface area is 88.0 Å². The van der Waals surface area contributed by atoms with Crippen LogP contribution in [0.15, 0.2) is 18.2 Å². The van der Waals surface area contributed by atoms with E-state index in [1.165, 1.54) is 0 Å². The lowest BCUT2D eigenvalue weighted by atomic mass is 10.0. The highest BCUT2D eigenvalue weighted by atomic mass is 19.3. The molecule has 0 heterocycles. The van der Waals surface area contributed by atoms with Gasteiger partial charge < -0.3 is 10.5 Å². The summed E-state index contributed by atoms with van der Waals surface area (Å²) in [4.78, 5) is 0. The standard InChI is InChI=1S/C11H15F2NO/c1-7-5-8(3-4-10(7)15-2)9(14)6-11(12)13/h3-5,9,11H,6,14H2,1-2H3/t9-/m0/s1. The van der Waals surface area contributed by atoms with Crippen molar-refractivity contribution in [3.05, 3.63) is 29.3 Å². The van der Waals surface area contributed by atoms with Gasteiger partial charge in [0.25, 0.3) is 0 Å². The number of hydrogen-bond donors (Lipinski definition) is 1. The molecule has 2 N–H and O–H groups in total. The minimum absolute atomic E-state index is 0.314. The Bertz CT molecular complexity index is 328. The van der Waals surface area contributed by atoms with Gasteiger partial charge in [0.1, 0.15) is 5.75 Å². The SMILES string of the molecule is COc1ccc([C@@H](N)CC(F)F)cc1C. The summed E-state index contributed by atoms with van der Waals surface area (Å²) < 4.78 is 29.3. The molecular weight excluding hydrogens is 200 g/mol. The van der Waals surface area contributed by atoms with Crippen LogP contribution in [-0.2, 0) is 0 Å². The quantitative estimate of drug-likeness (QED) is 0.838. The van der Waals surface area contributed by atoms with Gasteiger partial charge in [0, 0.05) is 12.5 Å². The zero-order valence-corrected chi connectivity index (χ0v) is 8.84. The molecule has 0 saturated heterocycles. The number of rotatable bonds is 4. The summed E-state index contributed by atoms with van der Waals surface area (Å²) in [6, 6.07) is 4.63. The van der Waals surface area contributed by atoms with Crippen LogP contribution in [0, 0.1) is 6.92 Å². The van der Waals surface area contributed by atoms with Gasteiger partial charge in [-0.05, 0) is 24.1 Å². The molecule has 0 radical (unpaired) electrons. The lowest BCUT2D eigenvalue weighted by Gasteiger charge is -2.13. The highest BCUT2D eigenvalue weighted by Gasteiger charge is 2.13. The summed E-state index contributed by atoms with van der Waals surface area (Å²) in [6.45, 7) is 1.86. The van der Waals surface area contributed by atoms with E-state index in [0.717, 1.165) is 11.3 Å². The monoisotopic (exact) mass is 215 g/mol. The first-order chi connectivity index (χ1) is 7.04. The Hall–Kier alpha value is -1.16. The van der Waals surface area contributed by atoms with Crippen molar-refractivity contribution in [1.29, 1.82) is 0 Å². The molecule has 1 aromatic carbocycles. The Morgan fingerprint density at radius 2 is 2.07 bits per heavy atom. The molecule has 1 aromatic rings. The lowest BCUT2D eigenvalue weighted by Crippen LogP contribution is -2.14. The van der Waals surface area contributed by atoms with Crippen molar-refractivity contribution in [2.24, 2.45) is 5.73 Å². The van der Waals surface area contributed by atoms with E-state index in [4.69, 9.17) is 10.5 Å². The van der Waals surface area contributed by atoms with Crippen molar-refractivity contribution in [3.8, 4) is 5.75 Å². The molecule has 0 unspecified atom stereocenters. The van der Waals surface area contributed by atoms with Crippen molar-refractivity contribution in [1.82, 2.24) is 0 Å². The van der Waals surface area contributed by atoms with Crippen LogP contribution >= 0.6 is 0 Å². The molecule has 84 valence electrons. The van der Waals surface area contributed by atoms with Gasteiger partial charge in [-0.25, -0.2) is 8.78 Å². The first kappa shape index (κ1) is 11.9. The van der Waals surface area contributed by atoms with Crippen molar-refractivity contribution < 1.29 is 13.5 Å². The lowest BCUT2D eigenvalue weighted by molar-refractivity contribution is 0.128. The van der Waals surface area contributed by atoms with Crippen molar-refractivity contribution in [2.45, 2.75) is 25.8 Å². The van der Waals surface area contributed by atoms with Crippen LogP contribution in [-0.4, -0.2) is 13.5 Å². The number of methoxy groups -OCH3 is 1. The van der Waals surface area contributed by atoms with E-state index in [1.807, 2.05) is 6.92 Å². The number of aryl methyl sites for hydroxylation is 1. The molecule has 0 aliphatic rings. The van der Waals surface area contributed by atoms with Gasteiger partial charge in [0.05, 0.1) is 7.11 Å². The van der Waals surface area contributed by atoms with Gasteiger partial charge in [-0.15, -0.1) is 0 Å². The molecule has 0 saturated carbocycles. The van der Waals surface area contributed by atoms with Crippen molar-refractivity contribution >= 4 is 0 Å². The molecule has 0 aromatic heterocycles. The summed E-state index contributed by atoms with van der Waals surface area (Å²) in [5.41, 5.74) is 7.25. The predicted molar refractivity (Wildman–Crippen MR) is 55.3 cm³/mol. The van der Waals surface area contributed by atoms with Gasteiger partial charge in [0.15, 0.2) is 0 Å². The van der Waals surface area contributed by atoms with E-state index < -0.39 is 12.5 Å². The van der Waals surface area contributed by atoms with Gasteiger partial charge in [0.2, 0.25) is 6.43 Å². The summed E-state index contributed by atoms with van der Waals surface area (Å²) in [7, 11) is 1.57. The Kier molecular flexibility index (Phi) is 4.03. The zero-order valence-electron chi connectivity index (χ0n) is 8.84. The molecule has 1 atom stereocenters. The smallest absolute Gasteiger partial charge is 0.240 e. The normalized spacial score (nSPS) is 12.9. The second-order valence-electron chi connectivity index (χ2n) is 3.46. The highest BCUT2D eigenvalue weighted by Crippen LogP contribution is 2.24. The highest BCUT2D eigenvalue weighted by molar-refractivity contribution is 5.37. The molecule has 0 bridgehead atoms. The van der Waals surface area contributed by atoms with E-state index in [0.29, 0.717) is 5.56 Å². The second kappa shape index (κ2) is 5.07. The van der Waals surface area contributed by atoms with Crippen LogP contribution in [0.2, 0.25) is 0 Å². The van der Waals surface area contributed by atoms with Gasteiger partial charge >= 0.3 is 0 Å². The third-order valence-corrected chi connectivity index (χ3v) is 2.28. The number of hydrogen-bond acceptors (Lipinski definition) is 2. The van der Waals surface area contributed by atoms with Gasteiger partial charge in [-0.2, -0.15) is 0 Å². The maximum absolute atomic E-state index is 12.1. The Morgan fingerprint density at radius 1 is 1.40 bits per heavy atom. The van der Waals surface area contributed by atoms with E-state index in [1.54, 1.807) is 25.3 Å². The summed E-state index contributed by atoms with van der Waals surface area (Å²) in [5.74, 6) is 0.739. The van der Waals surface area contributed by atoms with Gasteiger partial charge in [-0.3, -0.25) is 0 Å². The van der Waals surface area contributed by atoms with Gasteiger partial charge in [-0.1, -0.05) is 12.1 Å². The molecule has 0 fully saturated rings. The van der Waals surface area contributed by atoms with Crippen LogP contribution in [0.25, 0.3) is 0 Å². The molecule has 0 aliphatic heterocycles. The van der Waals surface area contributed by atoms with Crippen molar-refractivity contribution in [2.75, 3.05) is 7.11 Å². The molecule has 0 aliphatic carbocycles. The molecule has 15 heavy (non-hydrogen) atoms. The minimum atomic E-state index is -2.37. The Morgan fingerprint density at radius 3 is 2.53 bits per heavy atom. The average molecular weight is 215 g/mol. The molecule has 1 rings (SSSR count). The second-order valence-corrected chi connectivity index (χ2v) is 3.46. The fourth-order valence-corrected chi connectivity index (χ4v) is 1.46. The molecule has 2 nitrogen and oxygen atoms in total. The molecule has 0 amide bonds. The Balaban J connectivity index is 2.82. The molecule has 4 heteroatoms. The number of nitrogens with two attached hydrogens (primary N) is 1. The van der Waals surface area contributed by atoms with E-state index in [2.05, 4.69) is 0 Å². The minimum Gasteiger partial charge on any atom is -0.496 e. The van der Waals surface area contributed by atoms with E-state index in [9.17, 15) is 8.78 Å². The molecule has 0 spiro atoms. The van der Waals surface area contributed by atoms with E-state index in [-0.39, 0.29) is 6.42 Å². The third kappa shape index (κ3) is 3.16. The number of alkyl halides is 2. The largest absolute Gasteiger partial charge is 0.496 e. The molecular formula is C11H15F2NO.